The molecule has 0 fully saturated rings. The topological polar surface area (TPSA) is 38.5 Å². The fourth-order valence-electron chi connectivity index (χ4n) is 1.70. The maximum absolute atomic E-state index is 6.02. The van der Waals surface area contributed by atoms with Gasteiger partial charge in [-0.1, -0.05) is 19.8 Å². The van der Waals surface area contributed by atoms with Crippen molar-refractivity contribution >= 4 is 0 Å². The van der Waals surface area contributed by atoms with Gasteiger partial charge in [-0.3, -0.25) is 0 Å². The summed E-state index contributed by atoms with van der Waals surface area (Å²) in [5.41, 5.74) is 6.02. The summed E-state index contributed by atoms with van der Waals surface area (Å²) in [4.78, 5) is 2.34. The average molecular weight is 216 g/mol. The fourth-order valence-corrected chi connectivity index (χ4v) is 1.70. The number of hydrogen-bond acceptors (Lipinski definition) is 3. The van der Waals surface area contributed by atoms with Crippen LogP contribution in [0.25, 0.3) is 0 Å². The highest BCUT2D eigenvalue weighted by molar-refractivity contribution is 4.66. The van der Waals surface area contributed by atoms with E-state index in [0.717, 1.165) is 26.0 Å². The van der Waals surface area contributed by atoms with Gasteiger partial charge in [-0.15, -0.1) is 0 Å². The molecule has 0 aromatic rings. The maximum Gasteiger partial charge on any atom is 0.0462 e. The van der Waals surface area contributed by atoms with E-state index in [4.69, 9.17) is 10.5 Å². The van der Waals surface area contributed by atoms with Crippen LogP contribution in [0.15, 0.2) is 0 Å². The van der Waals surface area contributed by atoms with Crippen molar-refractivity contribution in [1.29, 1.82) is 0 Å². The predicted molar refractivity (Wildman–Crippen MR) is 66.1 cm³/mol. The highest BCUT2D eigenvalue weighted by atomic mass is 16.5. The van der Waals surface area contributed by atoms with Gasteiger partial charge in [-0.2, -0.15) is 0 Å². The highest BCUT2D eigenvalue weighted by Crippen LogP contribution is 2.00. The number of methoxy groups -OCH3 is 1. The normalized spacial score (nSPS) is 13.4. The molecule has 0 aromatic carbocycles. The van der Waals surface area contributed by atoms with E-state index in [0.29, 0.717) is 6.04 Å². The van der Waals surface area contributed by atoms with Crippen LogP contribution in [0.3, 0.4) is 0 Å². The van der Waals surface area contributed by atoms with Gasteiger partial charge in [0.2, 0.25) is 0 Å². The third-order valence-electron chi connectivity index (χ3n) is 2.61. The molecule has 3 nitrogen and oxygen atoms in total. The third kappa shape index (κ3) is 10.2. The first-order chi connectivity index (χ1) is 7.20. The van der Waals surface area contributed by atoms with Gasteiger partial charge >= 0.3 is 0 Å². The second-order valence-electron chi connectivity index (χ2n) is 4.36. The molecule has 0 aromatic heterocycles. The molecule has 0 saturated heterocycles. The van der Waals surface area contributed by atoms with Gasteiger partial charge in [-0.25, -0.2) is 0 Å². The molecule has 0 bridgehead atoms. The first-order valence-corrected chi connectivity index (χ1v) is 6.13. The SMILES string of the molecule is CCCCCN(C)CC(N)CCCOC. The van der Waals surface area contributed by atoms with Crippen molar-refractivity contribution in [3.63, 3.8) is 0 Å². The van der Waals surface area contributed by atoms with Gasteiger partial charge < -0.3 is 15.4 Å². The Bertz CT molecular complexity index is 117. The summed E-state index contributed by atoms with van der Waals surface area (Å²) < 4.78 is 5.01. The van der Waals surface area contributed by atoms with Gasteiger partial charge in [0, 0.05) is 26.3 Å². The minimum Gasteiger partial charge on any atom is -0.385 e. The molecule has 1 atom stereocenters. The van der Waals surface area contributed by atoms with Crippen molar-refractivity contribution in [3.05, 3.63) is 0 Å². The zero-order valence-corrected chi connectivity index (χ0v) is 10.7. The summed E-state index contributed by atoms with van der Waals surface area (Å²) >= 11 is 0. The predicted octanol–water partition coefficient (Wildman–Crippen LogP) is 1.86. The average Bonchev–Trinajstić information content (AvgIpc) is 2.18. The fraction of sp³-hybridized carbons (Fsp3) is 1.00. The van der Waals surface area contributed by atoms with Gasteiger partial charge in [0.05, 0.1) is 0 Å². The Hall–Kier alpha value is -0.120. The van der Waals surface area contributed by atoms with Crippen LogP contribution in [0.4, 0.5) is 0 Å². The van der Waals surface area contributed by atoms with Crippen molar-refractivity contribution in [3.8, 4) is 0 Å². The molecule has 0 radical (unpaired) electrons. The zero-order chi connectivity index (χ0) is 11.5. The van der Waals surface area contributed by atoms with Gasteiger partial charge in [-0.05, 0) is 32.9 Å². The zero-order valence-electron chi connectivity index (χ0n) is 10.7. The van der Waals surface area contributed by atoms with Crippen molar-refractivity contribution in [1.82, 2.24) is 4.90 Å². The number of nitrogens with zero attached hydrogens (tertiary/aromatic N) is 1. The second-order valence-corrected chi connectivity index (χ2v) is 4.36. The summed E-state index contributed by atoms with van der Waals surface area (Å²) in [6, 6.07) is 0.298. The highest BCUT2D eigenvalue weighted by Gasteiger charge is 2.05. The Labute approximate surface area is 95.0 Å². The van der Waals surface area contributed by atoms with E-state index in [1.165, 1.54) is 25.8 Å². The lowest BCUT2D eigenvalue weighted by Gasteiger charge is -2.21. The molecule has 0 heterocycles. The quantitative estimate of drug-likeness (QED) is 0.567. The molecule has 2 N–H and O–H groups in total. The maximum atomic E-state index is 6.02. The lowest BCUT2D eigenvalue weighted by atomic mass is 10.1. The molecule has 0 amide bonds. The summed E-state index contributed by atoms with van der Waals surface area (Å²) in [5.74, 6) is 0. The van der Waals surface area contributed by atoms with Gasteiger partial charge in [0.25, 0.3) is 0 Å². The lowest BCUT2D eigenvalue weighted by molar-refractivity contribution is 0.187. The van der Waals surface area contributed by atoms with Crippen molar-refractivity contribution in [2.75, 3.05) is 33.9 Å². The molecule has 0 aliphatic carbocycles. The monoisotopic (exact) mass is 216 g/mol. The van der Waals surface area contributed by atoms with E-state index >= 15 is 0 Å². The number of rotatable bonds is 10. The minimum absolute atomic E-state index is 0.298. The summed E-state index contributed by atoms with van der Waals surface area (Å²) in [5, 5.41) is 0. The van der Waals surface area contributed by atoms with Crippen LogP contribution in [-0.2, 0) is 4.74 Å². The van der Waals surface area contributed by atoms with Crippen LogP contribution in [0.1, 0.15) is 39.0 Å². The van der Waals surface area contributed by atoms with E-state index in [-0.39, 0.29) is 0 Å². The summed E-state index contributed by atoms with van der Waals surface area (Å²) in [7, 11) is 3.90. The van der Waals surface area contributed by atoms with E-state index in [2.05, 4.69) is 18.9 Å². The van der Waals surface area contributed by atoms with Gasteiger partial charge in [0.15, 0.2) is 0 Å². The number of likely N-dealkylation sites (N-methyl/N-ethyl adjacent to an activating group) is 1. The van der Waals surface area contributed by atoms with E-state index in [1.54, 1.807) is 7.11 Å². The summed E-state index contributed by atoms with van der Waals surface area (Å²) in [6.45, 7) is 5.24. The molecule has 92 valence electrons. The molecule has 0 aliphatic rings. The molecule has 3 heteroatoms. The number of ether oxygens (including phenoxy) is 1. The van der Waals surface area contributed by atoms with E-state index < -0.39 is 0 Å². The smallest absolute Gasteiger partial charge is 0.0462 e. The number of hydrogen-bond donors (Lipinski definition) is 1. The van der Waals surface area contributed by atoms with Crippen LogP contribution >= 0.6 is 0 Å². The largest absolute Gasteiger partial charge is 0.385 e. The van der Waals surface area contributed by atoms with Crippen LogP contribution < -0.4 is 5.73 Å². The Kier molecular flexibility index (Phi) is 10.3. The molecular weight excluding hydrogens is 188 g/mol. The molecule has 15 heavy (non-hydrogen) atoms. The Morgan fingerprint density at radius 2 is 2.00 bits per heavy atom. The van der Waals surface area contributed by atoms with Crippen LogP contribution in [-0.4, -0.2) is 44.8 Å². The molecule has 0 spiro atoms. The first-order valence-electron chi connectivity index (χ1n) is 6.13. The Morgan fingerprint density at radius 3 is 2.60 bits per heavy atom. The number of unbranched alkanes of at least 4 members (excludes halogenated alkanes) is 2. The standard InChI is InChI=1S/C12H28N2O/c1-4-5-6-9-14(2)11-12(13)8-7-10-15-3/h12H,4-11,13H2,1-3H3. The summed E-state index contributed by atoms with van der Waals surface area (Å²) in [6.07, 6.45) is 6.03. The third-order valence-corrected chi connectivity index (χ3v) is 2.61. The van der Waals surface area contributed by atoms with Crippen LogP contribution in [0.2, 0.25) is 0 Å². The lowest BCUT2D eigenvalue weighted by Crippen LogP contribution is -2.35. The van der Waals surface area contributed by atoms with E-state index in [1.807, 2.05) is 0 Å². The first kappa shape index (κ1) is 14.9. The van der Waals surface area contributed by atoms with Crippen LogP contribution in [0, 0.1) is 0 Å². The Balaban J connectivity index is 3.35. The molecule has 0 rings (SSSR count). The van der Waals surface area contributed by atoms with E-state index in [9.17, 15) is 0 Å². The molecule has 1 unspecified atom stereocenters. The van der Waals surface area contributed by atoms with Crippen LogP contribution in [0.5, 0.6) is 0 Å². The van der Waals surface area contributed by atoms with Crippen molar-refractivity contribution in [2.24, 2.45) is 5.73 Å². The Morgan fingerprint density at radius 1 is 1.27 bits per heavy atom. The van der Waals surface area contributed by atoms with Crippen molar-refractivity contribution in [2.45, 2.75) is 45.1 Å². The minimum atomic E-state index is 0.298. The molecule has 0 aliphatic heterocycles. The van der Waals surface area contributed by atoms with Gasteiger partial charge in [0.1, 0.15) is 0 Å². The molecule has 0 saturated carbocycles. The molecular formula is C12H28N2O. The van der Waals surface area contributed by atoms with Crippen molar-refractivity contribution < 1.29 is 4.74 Å². The second kappa shape index (κ2) is 10.4. The number of nitrogens with two attached hydrogens (primary N) is 1.